The molecule has 1 atom stereocenters. The minimum absolute atomic E-state index is 0.113. The Kier molecular flexibility index (Phi) is 7.19. The minimum atomic E-state index is -0.236. The molecule has 130 valence electrons. The van der Waals surface area contributed by atoms with Crippen LogP contribution in [0, 0.1) is 0 Å². The van der Waals surface area contributed by atoms with Crippen molar-refractivity contribution in [1.29, 1.82) is 0 Å². The molecule has 0 aliphatic heterocycles. The van der Waals surface area contributed by atoms with E-state index in [2.05, 4.69) is 10.2 Å². The van der Waals surface area contributed by atoms with Crippen molar-refractivity contribution in [3.05, 3.63) is 49.6 Å². The molecule has 2 rings (SSSR count). The summed E-state index contributed by atoms with van der Waals surface area (Å²) in [5.74, 6) is 0.0872. The Morgan fingerprint density at radius 2 is 1.96 bits per heavy atom. The number of carbonyl (C=O) groups is 1. The molecule has 0 radical (unpaired) electrons. The van der Waals surface area contributed by atoms with Crippen molar-refractivity contribution in [2.45, 2.75) is 6.04 Å². The zero-order chi connectivity index (χ0) is 17.7. The first-order valence-electron chi connectivity index (χ1n) is 7.12. The van der Waals surface area contributed by atoms with Gasteiger partial charge >= 0.3 is 0 Å². The first-order valence-corrected chi connectivity index (χ1v) is 9.13. The smallest absolute Gasteiger partial charge is 0.258 e. The molecular formula is C16H17Cl3N2O2S. The standard InChI is InChI=1S/C16H17Cl3N2O2S/c1-21(2)13(15-4-3-5-24-15)8-20-16(22)9-23-14-7-11(18)10(17)6-12(14)19/h3-7,13H,8-9H2,1-2H3,(H,20,22). The van der Waals surface area contributed by atoms with Crippen molar-refractivity contribution in [2.24, 2.45) is 0 Å². The van der Waals surface area contributed by atoms with E-state index in [4.69, 9.17) is 39.5 Å². The monoisotopic (exact) mass is 406 g/mol. The number of carbonyl (C=O) groups excluding carboxylic acids is 1. The van der Waals surface area contributed by atoms with Crippen molar-refractivity contribution < 1.29 is 9.53 Å². The molecule has 0 saturated carbocycles. The number of amides is 1. The highest BCUT2D eigenvalue weighted by Crippen LogP contribution is 2.33. The summed E-state index contributed by atoms with van der Waals surface area (Å²) in [6.07, 6.45) is 0. The van der Waals surface area contributed by atoms with Crippen molar-refractivity contribution in [3.8, 4) is 5.75 Å². The maximum atomic E-state index is 12.0. The molecule has 0 saturated heterocycles. The molecule has 1 unspecified atom stereocenters. The van der Waals surface area contributed by atoms with Gasteiger partial charge < -0.3 is 15.0 Å². The SMILES string of the molecule is CN(C)C(CNC(=O)COc1cc(Cl)c(Cl)cc1Cl)c1cccs1. The summed E-state index contributed by atoms with van der Waals surface area (Å²) < 4.78 is 5.42. The first kappa shape index (κ1) is 19.3. The summed E-state index contributed by atoms with van der Waals surface area (Å²) in [7, 11) is 3.95. The molecule has 1 aromatic heterocycles. The molecule has 2 aromatic rings. The van der Waals surface area contributed by atoms with Gasteiger partial charge in [-0.05, 0) is 31.6 Å². The Balaban J connectivity index is 1.88. The van der Waals surface area contributed by atoms with Gasteiger partial charge in [0.25, 0.3) is 5.91 Å². The van der Waals surface area contributed by atoms with Crippen LogP contribution in [0.15, 0.2) is 29.6 Å². The van der Waals surface area contributed by atoms with Crippen LogP contribution in [-0.4, -0.2) is 38.1 Å². The number of hydrogen-bond acceptors (Lipinski definition) is 4. The summed E-state index contributed by atoms with van der Waals surface area (Å²) in [4.78, 5) is 15.3. The molecular weight excluding hydrogens is 391 g/mol. The number of nitrogens with zero attached hydrogens (tertiary/aromatic N) is 1. The summed E-state index contributed by atoms with van der Waals surface area (Å²) in [6.45, 7) is 0.340. The summed E-state index contributed by atoms with van der Waals surface area (Å²) in [6, 6.07) is 7.13. The lowest BCUT2D eigenvalue weighted by atomic mass is 10.2. The summed E-state index contributed by atoms with van der Waals surface area (Å²) in [5.41, 5.74) is 0. The Morgan fingerprint density at radius 1 is 1.25 bits per heavy atom. The van der Waals surface area contributed by atoms with Crippen LogP contribution in [0.5, 0.6) is 5.75 Å². The average molecular weight is 408 g/mol. The van der Waals surface area contributed by atoms with E-state index in [1.54, 1.807) is 11.3 Å². The molecule has 0 aliphatic carbocycles. The number of ether oxygens (including phenoxy) is 1. The van der Waals surface area contributed by atoms with Gasteiger partial charge in [-0.25, -0.2) is 0 Å². The fourth-order valence-electron chi connectivity index (χ4n) is 2.04. The van der Waals surface area contributed by atoms with Gasteiger partial charge in [-0.1, -0.05) is 40.9 Å². The molecule has 24 heavy (non-hydrogen) atoms. The van der Waals surface area contributed by atoms with Gasteiger partial charge in [0.1, 0.15) is 5.75 Å². The fourth-order valence-corrected chi connectivity index (χ4v) is 3.55. The number of rotatable bonds is 7. The average Bonchev–Trinajstić information content (AvgIpc) is 3.03. The molecule has 8 heteroatoms. The van der Waals surface area contributed by atoms with Gasteiger partial charge in [0.05, 0.1) is 21.1 Å². The Morgan fingerprint density at radius 3 is 2.58 bits per heavy atom. The molecule has 0 spiro atoms. The van der Waals surface area contributed by atoms with Crippen LogP contribution < -0.4 is 10.1 Å². The predicted molar refractivity (Wildman–Crippen MR) is 101 cm³/mol. The Bertz CT molecular complexity index is 693. The molecule has 0 aliphatic rings. The number of likely N-dealkylation sites (N-methyl/N-ethyl adjacent to an activating group) is 1. The number of thiophene rings is 1. The molecule has 1 aromatic carbocycles. The molecule has 1 N–H and O–H groups in total. The van der Waals surface area contributed by atoms with Gasteiger partial charge in [-0.15, -0.1) is 11.3 Å². The highest BCUT2D eigenvalue weighted by molar-refractivity contribution is 7.10. The first-order chi connectivity index (χ1) is 11.4. The van der Waals surface area contributed by atoms with E-state index < -0.39 is 0 Å². The third-order valence-corrected chi connectivity index (χ3v) is 5.31. The van der Waals surface area contributed by atoms with Crippen LogP contribution in [0.25, 0.3) is 0 Å². The number of hydrogen-bond donors (Lipinski definition) is 1. The van der Waals surface area contributed by atoms with E-state index in [9.17, 15) is 4.79 Å². The second-order valence-corrected chi connectivity index (χ2v) is 7.49. The van der Waals surface area contributed by atoms with Crippen LogP contribution >= 0.6 is 46.1 Å². The van der Waals surface area contributed by atoms with Crippen LogP contribution in [0.3, 0.4) is 0 Å². The maximum Gasteiger partial charge on any atom is 0.258 e. The van der Waals surface area contributed by atoms with E-state index in [-0.39, 0.29) is 18.6 Å². The van der Waals surface area contributed by atoms with Crippen LogP contribution in [0.2, 0.25) is 15.1 Å². The van der Waals surface area contributed by atoms with Crippen molar-refractivity contribution in [1.82, 2.24) is 10.2 Å². The van der Waals surface area contributed by atoms with Crippen LogP contribution in [0.1, 0.15) is 10.9 Å². The molecule has 4 nitrogen and oxygen atoms in total. The number of nitrogens with one attached hydrogen (secondary N) is 1. The van der Waals surface area contributed by atoms with Gasteiger partial charge in [-0.2, -0.15) is 0 Å². The van der Waals surface area contributed by atoms with Gasteiger partial charge in [-0.3, -0.25) is 4.79 Å². The predicted octanol–water partition coefficient (Wildman–Crippen LogP) is 4.51. The van der Waals surface area contributed by atoms with E-state index in [1.807, 2.05) is 31.6 Å². The summed E-state index contributed by atoms with van der Waals surface area (Å²) in [5, 5.41) is 5.85. The van der Waals surface area contributed by atoms with Crippen molar-refractivity contribution in [3.63, 3.8) is 0 Å². The normalized spacial score (nSPS) is 12.2. The van der Waals surface area contributed by atoms with E-state index >= 15 is 0 Å². The highest BCUT2D eigenvalue weighted by atomic mass is 35.5. The zero-order valence-electron chi connectivity index (χ0n) is 13.2. The maximum absolute atomic E-state index is 12.0. The number of benzene rings is 1. The topological polar surface area (TPSA) is 41.6 Å². The van der Waals surface area contributed by atoms with E-state index in [0.717, 1.165) is 0 Å². The van der Waals surface area contributed by atoms with Gasteiger partial charge in [0.2, 0.25) is 0 Å². The summed E-state index contributed by atoms with van der Waals surface area (Å²) >= 11 is 19.5. The third kappa shape index (κ3) is 5.26. The second-order valence-electron chi connectivity index (χ2n) is 5.28. The molecule has 1 heterocycles. The largest absolute Gasteiger partial charge is 0.482 e. The lowest BCUT2D eigenvalue weighted by molar-refractivity contribution is -0.123. The van der Waals surface area contributed by atoms with Crippen molar-refractivity contribution in [2.75, 3.05) is 27.2 Å². The second kappa shape index (κ2) is 8.92. The molecule has 0 bridgehead atoms. The minimum Gasteiger partial charge on any atom is -0.482 e. The lowest BCUT2D eigenvalue weighted by Crippen LogP contribution is -2.36. The molecule has 1 amide bonds. The van der Waals surface area contributed by atoms with Crippen molar-refractivity contribution >= 4 is 52.0 Å². The third-order valence-electron chi connectivity index (χ3n) is 3.32. The molecule has 0 fully saturated rings. The quantitative estimate of drug-likeness (QED) is 0.687. The lowest BCUT2D eigenvalue weighted by Gasteiger charge is -2.23. The Hall–Kier alpha value is -0.980. The number of halogens is 3. The van der Waals surface area contributed by atoms with Crippen LogP contribution in [-0.2, 0) is 4.79 Å². The van der Waals surface area contributed by atoms with E-state index in [1.165, 1.54) is 17.0 Å². The highest BCUT2D eigenvalue weighted by Gasteiger charge is 2.16. The van der Waals surface area contributed by atoms with Gasteiger partial charge in [0, 0.05) is 17.5 Å². The van der Waals surface area contributed by atoms with E-state index in [0.29, 0.717) is 27.4 Å². The zero-order valence-corrected chi connectivity index (χ0v) is 16.3. The van der Waals surface area contributed by atoms with Crippen LogP contribution in [0.4, 0.5) is 0 Å². The van der Waals surface area contributed by atoms with Gasteiger partial charge in [0.15, 0.2) is 6.61 Å². The fraction of sp³-hybridized carbons (Fsp3) is 0.312. The Labute approximate surface area is 160 Å².